The molecule has 0 unspecified atom stereocenters. The molecule has 0 atom stereocenters. The monoisotopic (exact) mass is 268 g/mol. The topological polar surface area (TPSA) is 42.4 Å². The molecule has 0 spiro atoms. The first-order chi connectivity index (χ1) is 9.13. The maximum Gasteiger partial charge on any atom is 0.298 e. The second kappa shape index (κ2) is 4.68. The van der Waals surface area contributed by atoms with Crippen LogP contribution in [-0.2, 0) is 6.54 Å². The molecule has 102 valence electrons. The Morgan fingerprint density at radius 1 is 1.42 bits per heavy atom. The lowest BCUT2D eigenvalue weighted by molar-refractivity contribution is 0.146. The van der Waals surface area contributed by atoms with E-state index in [9.17, 15) is 8.78 Å². The van der Waals surface area contributed by atoms with Crippen molar-refractivity contribution in [1.82, 2.24) is 4.98 Å². The van der Waals surface area contributed by atoms with Crippen molar-refractivity contribution < 1.29 is 17.6 Å². The molecule has 1 saturated carbocycles. The maximum absolute atomic E-state index is 12.5. The number of aryl methyl sites for hydroxylation is 1. The van der Waals surface area contributed by atoms with Gasteiger partial charge in [-0.05, 0) is 31.9 Å². The molecular weight excluding hydrogens is 254 g/mol. The molecule has 0 amide bonds. The molecule has 0 radical (unpaired) electrons. The van der Waals surface area contributed by atoms with E-state index >= 15 is 0 Å². The lowest BCUT2D eigenvalue weighted by Gasteiger charge is -2.18. The zero-order chi connectivity index (χ0) is 13.4. The summed E-state index contributed by atoms with van der Waals surface area (Å²) >= 11 is 0. The van der Waals surface area contributed by atoms with Crippen molar-refractivity contribution >= 4 is 6.01 Å². The average Bonchev–Trinajstić information content (AvgIpc) is 2.93. The number of aromatic nitrogens is 1. The number of nitrogens with zero attached hydrogens (tertiary/aromatic N) is 2. The van der Waals surface area contributed by atoms with Gasteiger partial charge in [-0.2, -0.15) is 4.98 Å². The smallest absolute Gasteiger partial charge is 0.298 e. The minimum Gasteiger partial charge on any atom is -0.464 e. The maximum atomic E-state index is 12.5. The Bertz CT molecular complexity index is 560. The van der Waals surface area contributed by atoms with Gasteiger partial charge in [0, 0.05) is 6.04 Å². The van der Waals surface area contributed by atoms with E-state index in [0.717, 1.165) is 30.6 Å². The summed E-state index contributed by atoms with van der Waals surface area (Å²) in [4.78, 5) is 5.72. The average molecular weight is 268 g/mol. The minimum atomic E-state index is -2.61. The second-order valence-electron chi connectivity index (χ2n) is 4.73. The molecule has 0 saturated heterocycles. The molecule has 2 aromatic rings. The highest BCUT2D eigenvalue weighted by Gasteiger charge is 2.33. The summed E-state index contributed by atoms with van der Waals surface area (Å²) in [5.41, 5.74) is -0.323. The molecule has 0 aliphatic heterocycles. The van der Waals surface area contributed by atoms with Crippen LogP contribution in [0.3, 0.4) is 0 Å². The summed E-state index contributed by atoms with van der Waals surface area (Å²) in [7, 11) is 0. The van der Waals surface area contributed by atoms with E-state index in [1.807, 2.05) is 24.0 Å². The van der Waals surface area contributed by atoms with Crippen LogP contribution in [0.5, 0.6) is 0 Å². The highest BCUT2D eigenvalue weighted by atomic mass is 19.3. The number of alkyl halides is 2. The normalized spacial score (nSPS) is 15.2. The lowest BCUT2D eigenvalue weighted by atomic mass is 10.4. The molecule has 6 heteroatoms. The molecular formula is C13H14F2N2O2. The van der Waals surface area contributed by atoms with Gasteiger partial charge in [-0.25, -0.2) is 8.78 Å². The van der Waals surface area contributed by atoms with E-state index < -0.39 is 6.43 Å². The lowest BCUT2D eigenvalue weighted by Crippen LogP contribution is -2.25. The van der Waals surface area contributed by atoms with Gasteiger partial charge < -0.3 is 13.7 Å². The van der Waals surface area contributed by atoms with Gasteiger partial charge in [0.2, 0.25) is 0 Å². The molecule has 0 aromatic carbocycles. The molecule has 19 heavy (non-hydrogen) atoms. The van der Waals surface area contributed by atoms with Crippen LogP contribution in [0.1, 0.15) is 36.5 Å². The fraction of sp³-hybridized carbons (Fsp3) is 0.462. The van der Waals surface area contributed by atoms with Crippen LogP contribution in [-0.4, -0.2) is 11.0 Å². The molecule has 2 heterocycles. The summed E-state index contributed by atoms with van der Waals surface area (Å²) < 4.78 is 35.7. The molecule has 4 nitrogen and oxygen atoms in total. The summed E-state index contributed by atoms with van der Waals surface area (Å²) in [6, 6.07) is 4.30. The molecule has 0 N–H and O–H groups in total. The van der Waals surface area contributed by atoms with Crippen LogP contribution < -0.4 is 4.90 Å². The summed E-state index contributed by atoms with van der Waals surface area (Å²) in [5.74, 6) is 1.60. The van der Waals surface area contributed by atoms with Gasteiger partial charge in [-0.3, -0.25) is 0 Å². The van der Waals surface area contributed by atoms with Gasteiger partial charge in [-0.15, -0.1) is 0 Å². The zero-order valence-corrected chi connectivity index (χ0v) is 10.5. The molecule has 3 rings (SSSR count). The highest BCUT2D eigenvalue weighted by Crippen LogP contribution is 2.33. The van der Waals surface area contributed by atoms with E-state index in [1.165, 1.54) is 0 Å². The first-order valence-corrected chi connectivity index (χ1v) is 6.19. The van der Waals surface area contributed by atoms with E-state index in [2.05, 4.69) is 4.98 Å². The van der Waals surface area contributed by atoms with Crippen LogP contribution in [0.15, 0.2) is 27.2 Å². The highest BCUT2D eigenvalue weighted by molar-refractivity contribution is 5.33. The van der Waals surface area contributed by atoms with E-state index in [1.54, 1.807) is 0 Å². The third-order valence-corrected chi connectivity index (χ3v) is 3.09. The fourth-order valence-electron chi connectivity index (χ4n) is 1.99. The van der Waals surface area contributed by atoms with Crippen LogP contribution in [0.25, 0.3) is 0 Å². The second-order valence-corrected chi connectivity index (χ2v) is 4.73. The van der Waals surface area contributed by atoms with Crippen LogP contribution >= 0.6 is 0 Å². The van der Waals surface area contributed by atoms with Crippen LogP contribution in [0.2, 0.25) is 0 Å². The fourth-order valence-corrected chi connectivity index (χ4v) is 1.99. The van der Waals surface area contributed by atoms with Gasteiger partial charge >= 0.3 is 0 Å². The molecule has 1 aliphatic carbocycles. The Morgan fingerprint density at radius 2 is 2.21 bits per heavy atom. The van der Waals surface area contributed by atoms with Crippen LogP contribution in [0.4, 0.5) is 14.8 Å². The first-order valence-electron chi connectivity index (χ1n) is 6.19. The van der Waals surface area contributed by atoms with Crippen molar-refractivity contribution in [3.05, 3.63) is 35.6 Å². The molecule has 1 fully saturated rings. The number of halogens is 2. The third kappa shape index (κ3) is 2.62. The van der Waals surface area contributed by atoms with Crippen molar-refractivity contribution in [3.8, 4) is 0 Å². The molecule has 1 aliphatic rings. The number of furan rings is 1. The van der Waals surface area contributed by atoms with Crippen molar-refractivity contribution in [3.63, 3.8) is 0 Å². The predicted molar refractivity (Wildman–Crippen MR) is 64.1 cm³/mol. The summed E-state index contributed by atoms with van der Waals surface area (Å²) in [6.45, 7) is 2.35. The molecule has 0 bridgehead atoms. The van der Waals surface area contributed by atoms with Crippen molar-refractivity contribution in [1.29, 1.82) is 0 Å². The van der Waals surface area contributed by atoms with Gasteiger partial charge in [0.25, 0.3) is 12.4 Å². The van der Waals surface area contributed by atoms with Gasteiger partial charge in [0.1, 0.15) is 23.5 Å². The van der Waals surface area contributed by atoms with Gasteiger partial charge in [0.15, 0.2) is 0 Å². The Balaban J connectivity index is 1.80. The van der Waals surface area contributed by atoms with Crippen molar-refractivity contribution in [2.45, 2.75) is 38.8 Å². The van der Waals surface area contributed by atoms with Crippen molar-refractivity contribution in [2.24, 2.45) is 0 Å². The minimum absolute atomic E-state index is 0.242. The van der Waals surface area contributed by atoms with Crippen molar-refractivity contribution in [2.75, 3.05) is 4.90 Å². The Morgan fingerprint density at radius 3 is 2.74 bits per heavy atom. The third-order valence-electron chi connectivity index (χ3n) is 3.09. The SMILES string of the molecule is Cc1ccc(CN(c2nc(C(F)F)co2)C2CC2)o1. The predicted octanol–water partition coefficient (Wildman–Crippen LogP) is 3.68. The van der Waals surface area contributed by atoms with Gasteiger partial charge in [0.05, 0.1) is 6.54 Å². The largest absolute Gasteiger partial charge is 0.464 e. The molecule has 2 aromatic heterocycles. The van der Waals surface area contributed by atoms with E-state index in [-0.39, 0.29) is 11.7 Å². The summed E-state index contributed by atoms with van der Waals surface area (Å²) in [6.07, 6.45) is 0.449. The summed E-state index contributed by atoms with van der Waals surface area (Å²) in [5, 5.41) is 0. The quantitative estimate of drug-likeness (QED) is 0.829. The van der Waals surface area contributed by atoms with E-state index in [0.29, 0.717) is 12.6 Å². The van der Waals surface area contributed by atoms with E-state index in [4.69, 9.17) is 8.83 Å². The number of rotatable bonds is 5. The zero-order valence-electron chi connectivity index (χ0n) is 10.5. The number of anilines is 1. The number of hydrogen-bond donors (Lipinski definition) is 0. The first kappa shape index (κ1) is 12.2. The Labute approximate surface area is 109 Å². The van der Waals surface area contributed by atoms with Crippen LogP contribution in [0, 0.1) is 6.92 Å². The Hall–Kier alpha value is -1.85. The van der Waals surface area contributed by atoms with Gasteiger partial charge in [-0.1, -0.05) is 0 Å². The number of hydrogen-bond acceptors (Lipinski definition) is 4. The Kier molecular flexibility index (Phi) is 3.00. The number of oxazole rings is 1. The standard InChI is InChI=1S/C13H14F2N2O2/c1-8-2-5-10(19-8)6-17(9-3-4-9)13-16-11(7-18-13)12(14)15/h2,5,7,9,12H,3-4,6H2,1H3.